The number of nitrogens with one attached hydrogen (secondary N) is 1. The van der Waals surface area contributed by atoms with Crippen LogP contribution in [0.4, 0.5) is 0 Å². The van der Waals surface area contributed by atoms with Gasteiger partial charge in [-0.2, -0.15) is 0 Å². The maximum absolute atomic E-state index is 11.9. The second kappa shape index (κ2) is 6.36. The van der Waals surface area contributed by atoms with Gasteiger partial charge in [0.2, 0.25) is 0 Å². The minimum atomic E-state index is -1.09. The van der Waals surface area contributed by atoms with Crippen LogP contribution >= 0.6 is 11.6 Å². The van der Waals surface area contributed by atoms with Gasteiger partial charge in [0.1, 0.15) is 0 Å². The lowest BCUT2D eigenvalue weighted by Crippen LogP contribution is -2.27. The lowest BCUT2D eigenvalue weighted by atomic mass is 10.2. The summed E-state index contributed by atoms with van der Waals surface area (Å²) >= 11 is 5.98. The highest BCUT2D eigenvalue weighted by Crippen LogP contribution is 2.15. The third kappa shape index (κ3) is 3.79. The Morgan fingerprint density at radius 3 is 2.81 bits per heavy atom. The molecule has 7 nitrogen and oxygen atoms in total. The Labute approximate surface area is 125 Å². The predicted octanol–water partition coefficient (Wildman–Crippen LogP) is 1.37. The first-order valence-corrected chi connectivity index (χ1v) is 6.50. The van der Waals surface area contributed by atoms with Crippen molar-refractivity contribution >= 4 is 23.5 Å². The SMILES string of the molecule is Cc1cc(Cl)c(C(=O)NCCn2cnc(C(=O)O)c2)cn1. The molecule has 0 unspecified atom stereocenters. The van der Waals surface area contributed by atoms with E-state index in [0.29, 0.717) is 23.7 Å². The van der Waals surface area contributed by atoms with Gasteiger partial charge in [0, 0.05) is 31.2 Å². The second-order valence-corrected chi connectivity index (χ2v) is 4.77. The maximum atomic E-state index is 11.9. The molecule has 2 aromatic heterocycles. The summed E-state index contributed by atoms with van der Waals surface area (Å²) in [5.74, 6) is -1.42. The molecule has 0 aliphatic rings. The number of carboxylic acids is 1. The highest BCUT2D eigenvalue weighted by atomic mass is 35.5. The van der Waals surface area contributed by atoms with Crippen molar-refractivity contribution in [2.75, 3.05) is 6.54 Å². The topological polar surface area (TPSA) is 97.1 Å². The monoisotopic (exact) mass is 308 g/mol. The van der Waals surface area contributed by atoms with E-state index < -0.39 is 5.97 Å². The summed E-state index contributed by atoms with van der Waals surface area (Å²) in [5, 5.41) is 11.8. The number of aryl methyl sites for hydroxylation is 1. The molecule has 2 heterocycles. The lowest BCUT2D eigenvalue weighted by molar-refractivity contribution is 0.0690. The van der Waals surface area contributed by atoms with E-state index in [1.165, 1.54) is 18.7 Å². The number of carbonyl (C=O) groups is 2. The number of pyridine rings is 1. The molecule has 0 aromatic carbocycles. The van der Waals surface area contributed by atoms with Gasteiger partial charge in [-0.25, -0.2) is 9.78 Å². The number of carbonyl (C=O) groups excluding carboxylic acids is 1. The molecule has 0 fully saturated rings. The minimum absolute atomic E-state index is 0.0351. The van der Waals surface area contributed by atoms with Crippen molar-refractivity contribution in [3.8, 4) is 0 Å². The Bertz CT molecular complexity index is 684. The number of amides is 1. The molecule has 110 valence electrons. The normalized spacial score (nSPS) is 10.4. The van der Waals surface area contributed by atoms with E-state index in [0.717, 1.165) is 5.69 Å². The standard InChI is InChI=1S/C13H13ClN4O3/c1-8-4-10(14)9(5-16-8)12(19)15-2-3-18-6-11(13(20)21)17-7-18/h4-7H,2-3H2,1H3,(H,15,19)(H,20,21). The van der Waals surface area contributed by atoms with Crippen LogP contribution in [0.15, 0.2) is 24.8 Å². The van der Waals surface area contributed by atoms with Crippen LogP contribution in [0.2, 0.25) is 5.02 Å². The molecular formula is C13H13ClN4O3. The van der Waals surface area contributed by atoms with Crippen molar-refractivity contribution in [3.63, 3.8) is 0 Å². The number of carboxylic acid groups (broad SMARTS) is 1. The zero-order valence-electron chi connectivity index (χ0n) is 11.2. The molecule has 0 saturated carbocycles. The highest BCUT2D eigenvalue weighted by molar-refractivity contribution is 6.33. The van der Waals surface area contributed by atoms with Crippen molar-refractivity contribution in [2.45, 2.75) is 13.5 Å². The fourth-order valence-corrected chi connectivity index (χ4v) is 1.97. The molecule has 0 bridgehead atoms. The Balaban J connectivity index is 1.90. The second-order valence-electron chi connectivity index (χ2n) is 4.36. The fourth-order valence-electron chi connectivity index (χ4n) is 1.68. The first kappa shape index (κ1) is 15.0. The zero-order chi connectivity index (χ0) is 15.4. The van der Waals surface area contributed by atoms with Crippen LogP contribution in [0.5, 0.6) is 0 Å². The Hall–Kier alpha value is -2.41. The first-order valence-electron chi connectivity index (χ1n) is 6.13. The molecule has 21 heavy (non-hydrogen) atoms. The molecule has 2 N–H and O–H groups in total. The van der Waals surface area contributed by atoms with Crippen LogP contribution in [0.1, 0.15) is 26.5 Å². The van der Waals surface area contributed by atoms with Crippen LogP contribution in [-0.2, 0) is 6.54 Å². The predicted molar refractivity (Wildman–Crippen MR) is 75.5 cm³/mol. The van der Waals surface area contributed by atoms with Crippen molar-refractivity contribution < 1.29 is 14.7 Å². The largest absolute Gasteiger partial charge is 0.476 e. The number of imidazole rings is 1. The van der Waals surface area contributed by atoms with Crippen LogP contribution < -0.4 is 5.32 Å². The Morgan fingerprint density at radius 1 is 1.43 bits per heavy atom. The van der Waals surface area contributed by atoms with Gasteiger partial charge < -0.3 is 15.0 Å². The van der Waals surface area contributed by atoms with Crippen molar-refractivity contribution in [2.24, 2.45) is 0 Å². The van der Waals surface area contributed by atoms with Gasteiger partial charge in [-0.15, -0.1) is 0 Å². The molecule has 0 aliphatic heterocycles. The van der Waals surface area contributed by atoms with Crippen molar-refractivity contribution in [3.05, 3.63) is 46.8 Å². The third-order valence-corrected chi connectivity index (χ3v) is 3.06. The van der Waals surface area contributed by atoms with Gasteiger partial charge in [-0.05, 0) is 13.0 Å². The van der Waals surface area contributed by atoms with Gasteiger partial charge >= 0.3 is 5.97 Å². The van der Waals surface area contributed by atoms with Crippen molar-refractivity contribution in [1.29, 1.82) is 0 Å². The van der Waals surface area contributed by atoms with Crippen LogP contribution in [-0.4, -0.2) is 38.1 Å². The summed E-state index contributed by atoms with van der Waals surface area (Å²) in [7, 11) is 0. The maximum Gasteiger partial charge on any atom is 0.356 e. The summed E-state index contributed by atoms with van der Waals surface area (Å²) in [4.78, 5) is 30.3. The van der Waals surface area contributed by atoms with E-state index in [2.05, 4.69) is 15.3 Å². The van der Waals surface area contributed by atoms with E-state index in [1.807, 2.05) is 0 Å². The highest BCUT2D eigenvalue weighted by Gasteiger charge is 2.11. The van der Waals surface area contributed by atoms with Gasteiger partial charge in [-0.3, -0.25) is 9.78 Å². The summed E-state index contributed by atoms with van der Waals surface area (Å²) in [6.07, 6.45) is 4.22. The number of aromatic carboxylic acids is 1. The number of hydrogen-bond donors (Lipinski definition) is 2. The third-order valence-electron chi connectivity index (χ3n) is 2.74. The number of nitrogens with zero attached hydrogens (tertiary/aromatic N) is 3. The average Bonchev–Trinajstić information content (AvgIpc) is 2.87. The van der Waals surface area contributed by atoms with Gasteiger partial charge in [0.25, 0.3) is 5.91 Å². The van der Waals surface area contributed by atoms with E-state index in [9.17, 15) is 9.59 Å². The molecule has 0 radical (unpaired) electrons. The summed E-state index contributed by atoms with van der Waals surface area (Å²) in [6.45, 7) is 2.51. The molecule has 0 aliphatic carbocycles. The van der Waals surface area contributed by atoms with Crippen LogP contribution in [0.25, 0.3) is 0 Å². The molecule has 0 saturated heterocycles. The van der Waals surface area contributed by atoms with Gasteiger partial charge in [0.05, 0.1) is 16.9 Å². The zero-order valence-corrected chi connectivity index (χ0v) is 12.0. The average molecular weight is 309 g/mol. The van der Waals surface area contributed by atoms with Crippen LogP contribution in [0, 0.1) is 6.92 Å². The smallest absolute Gasteiger partial charge is 0.356 e. The Kier molecular flexibility index (Phi) is 4.54. The first-order chi connectivity index (χ1) is 9.97. The van der Waals surface area contributed by atoms with E-state index in [1.54, 1.807) is 17.6 Å². The lowest BCUT2D eigenvalue weighted by Gasteiger charge is -2.07. The molecule has 2 aromatic rings. The number of rotatable bonds is 5. The summed E-state index contributed by atoms with van der Waals surface area (Å²) in [6, 6.07) is 1.62. The number of aromatic nitrogens is 3. The van der Waals surface area contributed by atoms with Gasteiger partial charge in [0.15, 0.2) is 5.69 Å². The van der Waals surface area contributed by atoms with E-state index >= 15 is 0 Å². The molecule has 1 amide bonds. The number of halogens is 1. The molecule has 8 heteroatoms. The minimum Gasteiger partial charge on any atom is -0.476 e. The summed E-state index contributed by atoms with van der Waals surface area (Å²) < 4.78 is 1.58. The van der Waals surface area contributed by atoms with E-state index in [-0.39, 0.29) is 11.6 Å². The van der Waals surface area contributed by atoms with Crippen molar-refractivity contribution in [1.82, 2.24) is 19.9 Å². The molecule has 0 atom stereocenters. The molecule has 2 rings (SSSR count). The Morgan fingerprint density at radius 2 is 2.19 bits per heavy atom. The van der Waals surface area contributed by atoms with E-state index in [4.69, 9.17) is 16.7 Å². The van der Waals surface area contributed by atoms with Gasteiger partial charge in [-0.1, -0.05) is 11.6 Å². The quantitative estimate of drug-likeness (QED) is 0.869. The fraction of sp³-hybridized carbons (Fsp3) is 0.231. The molecule has 0 spiro atoms. The summed E-state index contributed by atoms with van der Waals surface area (Å²) in [5.41, 5.74) is 1.00. The van der Waals surface area contributed by atoms with Crippen LogP contribution in [0.3, 0.4) is 0 Å². The number of hydrogen-bond acceptors (Lipinski definition) is 4. The molecular weight excluding hydrogens is 296 g/mol.